The SMILES string of the molecule is COC(=O)c1c(-c2ccc(C)c([N+](=O)[O-])c2)nc(=O)[nH]c1C(C)C. The van der Waals surface area contributed by atoms with Crippen LogP contribution in [0.1, 0.15) is 41.4 Å². The second-order valence-electron chi connectivity index (χ2n) is 5.58. The first-order valence-electron chi connectivity index (χ1n) is 7.24. The first kappa shape index (κ1) is 17.3. The number of methoxy groups -OCH3 is 1. The molecular weight excluding hydrogens is 314 g/mol. The van der Waals surface area contributed by atoms with E-state index < -0.39 is 16.6 Å². The van der Waals surface area contributed by atoms with Gasteiger partial charge in [0.1, 0.15) is 5.56 Å². The number of esters is 1. The zero-order valence-corrected chi connectivity index (χ0v) is 13.7. The van der Waals surface area contributed by atoms with Crippen molar-refractivity contribution in [1.29, 1.82) is 0 Å². The van der Waals surface area contributed by atoms with Gasteiger partial charge in [-0.2, -0.15) is 4.98 Å². The highest BCUT2D eigenvalue weighted by Crippen LogP contribution is 2.30. The van der Waals surface area contributed by atoms with Gasteiger partial charge in [-0.05, 0) is 12.8 Å². The van der Waals surface area contributed by atoms with Crippen molar-refractivity contribution < 1.29 is 14.5 Å². The Balaban J connectivity index is 2.83. The average Bonchev–Trinajstić information content (AvgIpc) is 2.53. The minimum atomic E-state index is -0.666. The molecule has 0 spiro atoms. The third-order valence-corrected chi connectivity index (χ3v) is 3.61. The Hall–Kier alpha value is -3.03. The highest BCUT2D eigenvalue weighted by Gasteiger charge is 2.24. The standard InChI is InChI=1S/C16H17N3O5/c1-8(2)13-12(15(20)24-4)14(18-16(21)17-13)10-6-5-9(3)11(7-10)19(22)23/h5-8H,1-4H3,(H,17,18,21). The Bertz CT molecular complexity index is 871. The molecule has 24 heavy (non-hydrogen) atoms. The third kappa shape index (κ3) is 3.17. The van der Waals surface area contributed by atoms with Gasteiger partial charge >= 0.3 is 11.7 Å². The van der Waals surface area contributed by atoms with Gasteiger partial charge in [-0.15, -0.1) is 0 Å². The van der Waals surface area contributed by atoms with Crippen molar-refractivity contribution in [2.45, 2.75) is 26.7 Å². The van der Waals surface area contributed by atoms with E-state index >= 15 is 0 Å². The highest BCUT2D eigenvalue weighted by atomic mass is 16.6. The molecule has 2 aromatic rings. The lowest BCUT2D eigenvalue weighted by atomic mass is 9.97. The van der Waals surface area contributed by atoms with Crippen LogP contribution in [0.15, 0.2) is 23.0 Å². The lowest BCUT2D eigenvalue weighted by Crippen LogP contribution is -2.21. The molecule has 0 atom stereocenters. The summed E-state index contributed by atoms with van der Waals surface area (Å²) < 4.78 is 4.80. The van der Waals surface area contributed by atoms with Crippen LogP contribution in [0.4, 0.5) is 5.69 Å². The van der Waals surface area contributed by atoms with Gasteiger partial charge in [0.2, 0.25) is 0 Å². The summed E-state index contributed by atoms with van der Waals surface area (Å²) in [7, 11) is 1.22. The maximum absolute atomic E-state index is 12.2. The number of aryl methyl sites for hydroxylation is 1. The predicted molar refractivity (Wildman–Crippen MR) is 87.1 cm³/mol. The van der Waals surface area contributed by atoms with E-state index in [9.17, 15) is 19.7 Å². The average molecular weight is 331 g/mol. The molecule has 0 aliphatic carbocycles. The molecule has 1 heterocycles. The number of nitrogens with zero attached hydrogens (tertiary/aromatic N) is 2. The fraction of sp³-hybridized carbons (Fsp3) is 0.312. The van der Waals surface area contributed by atoms with Crippen LogP contribution >= 0.6 is 0 Å². The topological polar surface area (TPSA) is 115 Å². The molecule has 8 heteroatoms. The number of nitro benzene ring substituents is 1. The minimum absolute atomic E-state index is 0.0670. The Kier molecular flexibility index (Phi) is 4.77. The number of rotatable bonds is 4. The molecule has 0 saturated carbocycles. The van der Waals surface area contributed by atoms with Crippen molar-refractivity contribution >= 4 is 11.7 Å². The second-order valence-corrected chi connectivity index (χ2v) is 5.58. The molecule has 0 amide bonds. The quantitative estimate of drug-likeness (QED) is 0.523. The van der Waals surface area contributed by atoms with Gasteiger partial charge in [0, 0.05) is 22.9 Å². The van der Waals surface area contributed by atoms with Crippen LogP contribution in [0.25, 0.3) is 11.3 Å². The van der Waals surface area contributed by atoms with E-state index in [0.29, 0.717) is 16.8 Å². The molecule has 8 nitrogen and oxygen atoms in total. The Morgan fingerprint density at radius 3 is 2.58 bits per heavy atom. The number of carbonyl (C=O) groups excluding carboxylic acids is 1. The lowest BCUT2D eigenvalue weighted by Gasteiger charge is -2.14. The van der Waals surface area contributed by atoms with Crippen LogP contribution in [-0.2, 0) is 4.74 Å². The summed E-state index contributed by atoms with van der Waals surface area (Å²) in [6.07, 6.45) is 0. The van der Waals surface area contributed by atoms with Gasteiger partial charge in [0.25, 0.3) is 5.69 Å². The van der Waals surface area contributed by atoms with E-state index in [4.69, 9.17) is 4.74 Å². The monoisotopic (exact) mass is 331 g/mol. The molecule has 1 N–H and O–H groups in total. The van der Waals surface area contributed by atoms with E-state index in [1.807, 2.05) is 0 Å². The van der Waals surface area contributed by atoms with Gasteiger partial charge in [0.05, 0.1) is 17.7 Å². The zero-order valence-electron chi connectivity index (χ0n) is 13.7. The highest BCUT2D eigenvalue weighted by molar-refractivity contribution is 5.97. The first-order chi connectivity index (χ1) is 11.3. The van der Waals surface area contributed by atoms with Crippen LogP contribution in [-0.4, -0.2) is 28.0 Å². The largest absolute Gasteiger partial charge is 0.465 e. The van der Waals surface area contributed by atoms with E-state index in [0.717, 1.165) is 0 Å². The van der Waals surface area contributed by atoms with Crippen LogP contribution in [0.3, 0.4) is 0 Å². The number of benzene rings is 1. The number of H-pyrrole nitrogens is 1. The van der Waals surface area contributed by atoms with E-state index in [1.54, 1.807) is 32.9 Å². The van der Waals surface area contributed by atoms with E-state index in [1.165, 1.54) is 13.2 Å². The molecule has 0 aliphatic rings. The fourth-order valence-corrected chi connectivity index (χ4v) is 2.39. The number of carbonyl (C=O) groups is 1. The second kappa shape index (κ2) is 6.61. The summed E-state index contributed by atoms with van der Waals surface area (Å²) in [5.74, 6) is -0.838. The van der Waals surface area contributed by atoms with Crippen molar-refractivity contribution in [3.8, 4) is 11.3 Å². The van der Waals surface area contributed by atoms with Gasteiger partial charge < -0.3 is 9.72 Å². The Labute approximate surface area is 137 Å². The van der Waals surface area contributed by atoms with E-state index in [2.05, 4.69) is 9.97 Å². The maximum atomic E-state index is 12.2. The van der Waals surface area contributed by atoms with Gasteiger partial charge in [-0.3, -0.25) is 10.1 Å². The molecule has 0 unspecified atom stereocenters. The normalized spacial score (nSPS) is 10.7. The summed E-state index contributed by atoms with van der Waals surface area (Å²) >= 11 is 0. The minimum Gasteiger partial charge on any atom is -0.465 e. The van der Waals surface area contributed by atoms with Crippen LogP contribution < -0.4 is 5.69 Å². The molecule has 0 fully saturated rings. The number of hydrogen-bond donors (Lipinski definition) is 1. The van der Waals surface area contributed by atoms with Crippen molar-refractivity contribution in [2.24, 2.45) is 0 Å². The number of hydrogen-bond acceptors (Lipinski definition) is 6. The number of aromatic amines is 1. The zero-order chi connectivity index (χ0) is 18.0. The fourth-order valence-electron chi connectivity index (χ4n) is 2.39. The smallest absolute Gasteiger partial charge is 0.345 e. The summed E-state index contributed by atoms with van der Waals surface area (Å²) in [6, 6.07) is 4.43. The molecule has 0 bridgehead atoms. The first-order valence-corrected chi connectivity index (χ1v) is 7.24. The van der Waals surface area contributed by atoms with Gasteiger partial charge in [-0.1, -0.05) is 26.0 Å². The maximum Gasteiger partial charge on any atom is 0.345 e. The van der Waals surface area contributed by atoms with Crippen LogP contribution in [0, 0.1) is 17.0 Å². The van der Waals surface area contributed by atoms with Gasteiger partial charge in [0.15, 0.2) is 0 Å². The molecule has 126 valence electrons. The molecule has 0 saturated heterocycles. The molecule has 1 aromatic heterocycles. The number of aromatic nitrogens is 2. The number of nitro groups is 1. The molecule has 2 rings (SSSR count). The lowest BCUT2D eigenvalue weighted by molar-refractivity contribution is -0.385. The molecule has 0 aliphatic heterocycles. The summed E-state index contributed by atoms with van der Waals surface area (Å²) in [5, 5.41) is 11.1. The van der Waals surface area contributed by atoms with Crippen LogP contribution in [0.5, 0.6) is 0 Å². The molecular formula is C16H17N3O5. The van der Waals surface area contributed by atoms with Gasteiger partial charge in [-0.25, -0.2) is 9.59 Å². The predicted octanol–water partition coefficient (Wildman–Crippen LogP) is 2.56. The Morgan fingerprint density at radius 2 is 2.04 bits per heavy atom. The summed E-state index contributed by atoms with van der Waals surface area (Å²) in [6.45, 7) is 5.21. The summed E-state index contributed by atoms with van der Waals surface area (Å²) in [4.78, 5) is 41.1. The molecule has 1 aromatic carbocycles. The van der Waals surface area contributed by atoms with Crippen LogP contribution in [0.2, 0.25) is 0 Å². The number of ether oxygens (including phenoxy) is 1. The van der Waals surface area contributed by atoms with Crippen molar-refractivity contribution in [3.05, 3.63) is 55.6 Å². The van der Waals surface area contributed by atoms with Crippen molar-refractivity contribution in [1.82, 2.24) is 9.97 Å². The number of nitrogens with one attached hydrogen (secondary N) is 1. The summed E-state index contributed by atoms with van der Waals surface area (Å²) in [5.41, 5.74) is 0.571. The van der Waals surface area contributed by atoms with Crippen molar-refractivity contribution in [3.63, 3.8) is 0 Å². The van der Waals surface area contributed by atoms with Crippen molar-refractivity contribution in [2.75, 3.05) is 7.11 Å². The molecule has 0 radical (unpaired) electrons. The Morgan fingerprint density at radius 1 is 1.38 bits per heavy atom. The van der Waals surface area contributed by atoms with E-state index in [-0.39, 0.29) is 22.9 Å². The third-order valence-electron chi connectivity index (χ3n) is 3.61.